The predicted octanol–water partition coefficient (Wildman–Crippen LogP) is 4.31. The summed E-state index contributed by atoms with van der Waals surface area (Å²) in [5.74, 6) is -0.811. The number of anilines is 2. The van der Waals surface area contributed by atoms with Crippen LogP contribution >= 0.6 is 12.2 Å². The summed E-state index contributed by atoms with van der Waals surface area (Å²) in [7, 11) is 0. The summed E-state index contributed by atoms with van der Waals surface area (Å²) in [6.45, 7) is -1.58. The first-order valence-electron chi connectivity index (χ1n) is 9.54. The number of halogens is 2. The molecule has 2 aromatic carbocycles. The van der Waals surface area contributed by atoms with Gasteiger partial charge in [0.1, 0.15) is 11.4 Å². The Kier molecular flexibility index (Phi) is 7.29. The van der Waals surface area contributed by atoms with E-state index in [0.717, 1.165) is 32.4 Å². The van der Waals surface area contributed by atoms with Crippen LogP contribution in [0.5, 0.6) is 5.75 Å². The summed E-state index contributed by atoms with van der Waals surface area (Å²) >= 11 is 5.07. The molecule has 3 rings (SSSR count). The van der Waals surface area contributed by atoms with E-state index in [2.05, 4.69) is 15.4 Å². The van der Waals surface area contributed by atoms with E-state index in [0.29, 0.717) is 5.69 Å². The zero-order chi connectivity index (χ0) is 22.4. The number of carbonyl (C=O) groups excluding carboxylic acids is 1. The highest BCUT2D eigenvalue weighted by Crippen LogP contribution is 2.31. The fourth-order valence-electron chi connectivity index (χ4n) is 3.31. The first-order chi connectivity index (χ1) is 14.8. The summed E-state index contributed by atoms with van der Waals surface area (Å²) in [6.07, 6.45) is 2.99. The number of nitrogens with one attached hydrogen (secondary N) is 2. The van der Waals surface area contributed by atoms with E-state index in [-0.39, 0.29) is 27.8 Å². The molecule has 0 unspecified atom stereocenters. The van der Waals surface area contributed by atoms with Crippen molar-refractivity contribution in [3.63, 3.8) is 0 Å². The molecule has 0 aromatic heterocycles. The summed E-state index contributed by atoms with van der Waals surface area (Å²) in [6, 6.07) is 10.1. The average molecular weight is 450 g/mol. The SMILES string of the molecule is O=C(NC(=S)Nc1ccccc1OC(F)F)c1ccc(N2CCCCC2)c([N+](=O)[O-])c1. The third-order valence-corrected chi connectivity index (χ3v) is 4.91. The molecule has 0 radical (unpaired) electrons. The van der Waals surface area contributed by atoms with E-state index in [9.17, 15) is 23.7 Å². The summed E-state index contributed by atoms with van der Waals surface area (Å²) < 4.78 is 29.5. The van der Waals surface area contributed by atoms with Crippen LogP contribution in [0, 0.1) is 10.1 Å². The van der Waals surface area contributed by atoms with Gasteiger partial charge in [-0.1, -0.05) is 12.1 Å². The summed E-state index contributed by atoms with van der Waals surface area (Å²) in [4.78, 5) is 25.5. The number of piperidine rings is 1. The van der Waals surface area contributed by atoms with E-state index in [1.165, 1.54) is 30.3 Å². The molecule has 164 valence electrons. The van der Waals surface area contributed by atoms with Gasteiger partial charge in [0, 0.05) is 24.7 Å². The number of hydrogen-bond acceptors (Lipinski definition) is 6. The Morgan fingerprint density at radius 2 is 1.87 bits per heavy atom. The second-order valence-corrected chi connectivity index (χ2v) is 7.20. The zero-order valence-corrected chi connectivity index (χ0v) is 17.2. The highest BCUT2D eigenvalue weighted by atomic mass is 32.1. The van der Waals surface area contributed by atoms with E-state index < -0.39 is 17.4 Å². The number of ether oxygens (including phenoxy) is 1. The van der Waals surface area contributed by atoms with Gasteiger partial charge in [-0.2, -0.15) is 8.78 Å². The predicted molar refractivity (Wildman–Crippen MR) is 116 cm³/mol. The largest absolute Gasteiger partial charge is 0.433 e. The molecule has 0 saturated carbocycles. The second kappa shape index (κ2) is 10.1. The van der Waals surface area contributed by atoms with Crippen LogP contribution in [-0.2, 0) is 0 Å². The molecule has 0 bridgehead atoms. The number of nitro groups is 1. The van der Waals surface area contributed by atoms with Crippen LogP contribution in [0.25, 0.3) is 0 Å². The fraction of sp³-hybridized carbons (Fsp3) is 0.300. The third-order valence-electron chi connectivity index (χ3n) is 4.71. The molecule has 2 N–H and O–H groups in total. The minimum atomic E-state index is -3.02. The number of benzene rings is 2. The number of nitrogens with zero attached hydrogens (tertiary/aromatic N) is 2. The van der Waals surface area contributed by atoms with Crippen molar-refractivity contribution in [1.29, 1.82) is 0 Å². The van der Waals surface area contributed by atoms with Crippen LogP contribution in [-0.4, -0.2) is 35.6 Å². The highest BCUT2D eigenvalue weighted by Gasteiger charge is 2.23. The van der Waals surface area contributed by atoms with Crippen molar-refractivity contribution in [3.05, 3.63) is 58.1 Å². The number of alkyl halides is 2. The molecule has 31 heavy (non-hydrogen) atoms. The van der Waals surface area contributed by atoms with Gasteiger partial charge in [0.05, 0.1) is 10.6 Å². The summed E-state index contributed by atoms with van der Waals surface area (Å²) in [5.41, 5.74) is 0.498. The lowest BCUT2D eigenvalue weighted by atomic mass is 10.1. The minimum Gasteiger partial charge on any atom is -0.433 e. The third kappa shape index (κ3) is 5.85. The molecule has 0 spiro atoms. The van der Waals surface area contributed by atoms with Crippen LogP contribution in [0.1, 0.15) is 29.6 Å². The lowest BCUT2D eigenvalue weighted by Crippen LogP contribution is -2.34. The maximum Gasteiger partial charge on any atom is 0.387 e. The van der Waals surface area contributed by atoms with Gasteiger partial charge in [0.2, 0.25) is 0 Å². The molecular weight excluding hydrogens is 430 g/mol. The van der Waals surface area contributed by atoms with Gasteiger partial charge in [0.15, 0.2) is 5.11 Å². The van der Waals surface area contributed by atoms with Gasteiger partial charge in [0.25, 0.3) is 11.6 Å². The molecule has 1 heterocycles. The molecule has 11 heteroatoms. The molecule has 1 aliphatic rings. The number of hydrogen-bond donors (Lipinski definition) is 2. The van der Waals surface area contributed by atoms with Crippen LogP contribution < -0.4 is 20.3 Å². The Hall–Kier alpha value is -3.34. The maximum absolute atomic E-state index is 12.5. The fourth-order valence-corrected chi connectivity index (χ4v) is 3.51. The van der Waals surface area contributed by atoms with E-state index in [1.807, 2.05) is 4.90 Å². The standard InChI is InChI=1S/C20H20F2N4O4S/c21-19(22)30-17-7-3-2-6-14(17)23-20(31)24-18(27)13-8-9-15(16(12-13)26(28)29)25-10-4-1-5-11-25/h2-3,6-9,12,19H,1,4-5,10-11H2,(H2,23,24,27,31). The van der Waals surface area contributed by atoms with Gasteiger partial charge in [-0.25, -0.2) is 0 Å². The first kappa shape index (κ1) is 22.3. The van der Waals surface area contributed by atoms with Crippen molar-refractivity contribution < 1.29 is 23.2 Å². The van der Waals surface area contributed by atoms with E-state index in [1.54, 1.807) is 12.1 Å². The number of amides is 1. The minimum absolute atomic E-state index is 0.0497. The quantitative estimate of drug-likeness (QED) is 0.384. The Balaban J connectivity index is 1.72. The number of nitro benzene ring substituents is 1. The molecule has 1 saturated heterocycles. The molecule has 1 aliphatic heterocycles. The van der Waals surface area contributed by atoms with E-state index in [4.69, 9.17) is 12.2 Å². The zero-order valence-electron chi connectivity index (χ0n) is 16.3. The smallest absolute Gasteiger partial charge is 0.387 e. The van der Waals surface area contributed by atoms with Gasteiger partial charge in [-0.05, 0) is 55.7 Å². The van der Waals surface area contributed by atoms with E-state index >= 15 is 0 Å². The Labute approximate surface area is 182 Å². The first-order valence-corrected chi connectivity index (χ1v) is 9.95. The topological polar surface area (TPSA) is 96.7 Å². The molecule has 2 aromatic rings. The normalized spacial score (nSPS) is 13.6. The Bertz CT molecular complexity index is 983. The number of carbonyl (C=O) groups is 1. The van der Waals surface area contributed by atoms with Crippen molar-refractivity contribution in [3.8, 4) is 5.75 Å². The number of thiocarbonyl (C=S) groups is 1. The van der Waals surface area contributed by atoms with Gasteiger partial charge in [-0.15, -0.1) is 0 Å². The lowest BCUT2D eigenvalue weighted by molar-refractivity contribution is -0.384. The van der Waals surface area contributed by atoms with Gasteiger partial charge < -0.3 is 15.0 Å². The van der Waals surface area contributed by atoms with Crippen molar-refractivity contribution in [2.75, 3.05) is 23.3 Å². The molecule has 0 aliphatic carbocycles. The monoisotopic (exact) mass is 450 g/mol. The average Bonchev–Trinajstić information content (AvgIpc) is 2.75. The molecule has 8 nitrogen and oxygen atoms in total. The number of rotatable bonds is 6. The Morgan fingerprint density at radius 1 is 1.16 bits per heavy atom. The van der Waals surface area contributed by atoms with Crippen molar-refractivity contribution >= 4 is 40.3 Å². The second-order valence-electron chi connectivity index (χ2n) is 6.79. The molecule has 1 fully saturated rings. The van der Waals surface area contributed by atoms with Crippen LogP contribution in [0.4, 0.5) is 25.8 Å². The van der Waals surface area contributed by atoms with Crippen molar-refractivity contribution in [2.45, 2.75) is 25.9 Å². The molecule has 1 amide bonds. The van der Waals surface area contributed by atoms with Crippen molar-refractivity contribution in [1.82, 2.24) is 5.32 Å². The van der Waals surface area contributed by atoms with Crippen LogP contribution in [0.15, 0.2) is 42.5 Å². The lowest BCUT2D eigenvalue weighted by Gasteiger charge is -2.28. The Morgan fingerprint density at radius 3 is 2.55 bits per heavy atom. The number of para-hydroxylation sites is 2. The molecular formula is C20H20F2N4O4S. The van der Waals surface area contributed by atoms with Crippen LogP contribution in [0.3, 0.4) is 0 Å². The van der Waals surface area contributed by atoms with Gasteiger partial charge in [-0.3, -0.25) is 20.2 Å². The van der Waals surface area contributed by atoms with Crippen LogP contribution in [0.2, 0.25) is 0 Å². The maximum atomic E-state index is 12.5. The molecule has 0 atom stereocenters. The highest BCUT2D eigenvalue weighted by molar-refractivity contribution is 7.80. The van der Waals surface area contributed by atoms with Crippen molar-refractivity contribution in [2.24, 2.45) is 0 Å². The van der Waals surface area contributed by atoms with Gasteiger partial charge >= 0.3 is 6.61 Å². The summed E-state index contributed by atoms with van der Waals surface area (Å²) in [5, 5.41) is 16.4.